The van der Waals surface area contributed by atoms with Crippen LogP contribution in [0.1, 0.15) is 48.4 Å². The summed E-state index contributed by atoms with van der Waals surface area (Å²) in [5.74, 6) is -4.35. The van der Waals surface area contributed by atoms with E-state index in [1.807, 2.05) is 91.9 Å². The van der Waals surface area contributed by atoms with E-state index in [-0.39, 0.29) is 25.3 Å². The maximum absolute atomic E-state index is 13.6. The topological polar surface area (TPSA) is 105 Å². The average Bonchev–Trinajstić information content (AvgIpc) is 2.94. The normalized spacial score (nSPS) is 24.1. The summed E-state index contributed by atoms with van der Waals surface area (Å²) >= 11 is 0. The van der Waals surface area contributed by atoms with Crippen molar-refractivity contribution in [1.82, 2.24) is 0 Å². The molecule has 0 bridgehead atoms. The van der Waals surface area contributed by atoms with Crippen molar-refractivity contribution >= 4 is 17.7 Å². The lowest BCUT2D eigenvalue weighted by atomic mass is 9.61. The van der Waals surface area contributed by atoms with Crippen molar-refractivity contribution in [2.45, 2.75) is 51.4 Å². The molecule has 7 heteroatoms. The number of esters is 2. The molecule has 0 radical (unpaired) electrons. The van der Waals surface area contributed by atoms with Crippen molar-refractivity contribution in [1.29, 1.82) is 0 Å². The third kappa shape index (κ3) is 6.11. The summed E-state index contributed by atoms with van der Waals surface area (Å²) in [5.41, 5.74) is 1.75. The summed E-state index contributed by atoms with van der Waals surface area (Å²) < 4.78 is 11.3. The first-order valence-electron chi connectivity index (χ1n) is 12.8. The van der Waals surface area contributed by atoms with Crippen molar-refractivity contribution in [3.8, 4) is 0 Å². The molecular formula is C31H33NO6. The van der Waals surface area contributed by atoms with Gasteiger partial charge in [-0.2, -0.15) is 0 Å². The van der Waals surface area contributed by atoms with E-state index in [1.54, 1.807) is 0 Å². The van der Waals surface area contributed by atoms with E-state index in [2.05, 4.69) is 5.16 Å². The second-order valence-electron chi connectivity index (χ2n) is 9.89. The Bertz CT molecular complexity index is 1250. The van der Waals surface area contributed by atoms with Gasteiger partial charge in [0.2, 0.25) is 0 Å². The van der Waals surface area contributed by atoms with Crippen LogP contribution in [0.2, 0.25) is 0 Å². The fraction of sp³-hybridized carbons (Fsp3) is 0.323. The Hall–Kier alpha value is -3.97. The fourth-order valence-corrected chi connectivity index (χ4v) is 5.15. The van der Waals surface area contributed by atoms with Gasteiger partial charge in [-0.1, -0.05) is 97.0 Å². The van der Waals surface area contributed by atoms with Gasteiger partial charge < -0.3 is 19.8 Å². The molecule has 4 atom stereocenters. The maximum atomic E-state index is 13.6. The van der Waals surface area contributed by atoms with Gasteiger partial charge in [0.15, 0.2) is 0 Å². The highest BCUT2D eigenvalue weighted by atomic mass is 16.5. The Labute approximate surface area is 222 Å². The second-order valence-corrected chi connectivity index (χ2v) is 9.89. The fourth-order valence-electron chi connectivity index (χ4n) is 5.15. The van der Waals surface area contributed by atoms with Gasteiger partial charge in [0.05, 0.1) is 17.2 Å². The maximum Gasteiger partial charge on any atom is 0.315 e. The highest BCUT2D eigenvalue weighted by Crippen LogP contribution is 2.47. The zero-order chi connectivity index (χ0) is 27.1. The third-order valence-corrected chi connectivity index (χ3v) is 7.14. The molecule has 3 aromatic rings. The van der Waals surface area contributed by atoms with E-state index < -0.39 is 35.3 Å². The summed E-state index contributed by atoms with van der Waals surface area (Å²) in [5, 5.41) is 24.8. The first kappa shape index (κ1) is 27.1. The summed E-state index contributed by atoms with van der Waals surface area (Å²) in [6, 6.07) is 26.0. The monoisotopic (exact) mass is 515 g/mol. The van der Waals surface area contributed by atoms with Gasteiger partial charge in [-0.05, 0) is 35.6 Å². The number of rotatable bonds is 8. The van der Waals surface area contributed by atoms with E-state index >= 15 is 0 Å². The van der Waals surface area contributed by atoms with Gasteiger partial charge in [-0.25, -0.2) is 0 Å². The van der Waals surface area contributed by atoms with Gasteiger partial charge in [-0.3, -0.25) is 9.59 Å². The molecule has 7 nitrogen and oxygen atoms in total. The molecule has 0 aliphatic heterocycles. The molecule has 0 spiro atoms. The Balaban J connectivity index is 1.70. The van der Waals surface area contributed by atoms with Gasteiger partial charge in [0.1, 0.15) is 19.1 Å². The number of hydrogen-bond donors (Lipinski definition) is 2. The van der Waals surface area contributed by atoms with Crippen molar-refractivity contribution in [2.75, 3.05) is 0 Å². The van der Waals surface area contributed by atoms with Crippen LogP contribution in [-0.4, -0.2) is 33.6 Å². The molecule has 0 saturated heterocycles. The van der Waals surface area contributed by atoms with Gasteiger partial charge in [0.25, 0.3) is 0 Å². The number of ether oxygens (including phenoxy) is 2. The quantitative estimate of drug-likeness (QED) is 0.247. The molecule has 1 fully saturated rings. The SMILES string of the molecule is CCc1ccc([C@@H]2[C@H](C(=O)OCc3ccccc3)/C(=N/O)C[C@@](C)(O)[C@H]2C(=O)OCc2ccccc2)cc1. The molecule has 0 aromatic heterocycles. The van der Waals surface area contributed by atoms with Crippen LogP contribution in [0.3, 0.4) is 0 Å². The van der Waals surface area contributed by atoms with Crippen LogP contribution in [0.5, 0.6) is 0 Å². The molecule has 1 aliphatic rings. The molecular weight excluding hydrogens is 482 g/mol. The molecule has 38 heavy (non-hydrogen) atoms. The zero-order valence-corrected chi connectivity index (χ0v) is 21.6. The minimum absolute atomic E-state index is 0.0237. The second kappa shape index (κ2) is 12.0. The number of carbonyl (C=O) groups excluding carboxylic acids is 2. The summed E-state index contributed by atoms with van der Waals surface area (Å²) in [6.45, 7) is 3.59. The average molecular weight is 516 g/mol. The summed E-state index contributed by atoms with van der Waals surface area (Å²) in [7, 11) is 0. The lowest BCUT2D eigenvalue weighted by Crippen LogP contribution is -2.55. The number of carbonyl (C=O) groups is 2. The molecule has 3 aromatic carbocycles. The summed E-state index contributed by atoms with van der Waals surface area (Å²) in [6.07, 6.45) is 0.625. The van der Waals surface area contributed by atoms with Crippen molar-refractivity contribution in [3.63, 3.8) is 0 Å². The van der Waals surface area contributed by atoms with E-state index in [4.69, 9.17) is 9.47 Å². The van der Waals surface area contributed by atoms with E-state index in [9.17, 15) is 19.9 Å². The van der Waals surface area contributed by atoms with Crippen LogP contribution in [-0.2, 0) is 38.7 Å². The third-order valence-electron chi connectivity index (χ3n) is 7.14. The number of aliphatic hydroxyl groups is 1. The molecule has 0 heterocycles. The van der Waals surface area contributed by atoms with Gasteiger partial charge in [0, 0.05) is 12.3 Å². The standard InChI is InChI=1S/C31H33NO6/c1-3-21-14-16-24(17-15-21)26-27(29(33)37-19-22-10-6-4-7-11-22)25(32-36)18-31(2,35)28(26)30(34)38-20-23-12-8-5-9-13-23/h4-17,26-28,35-36H,3,18-20H2,1-2H3/b32-25+/t26-,27-,28-,31-/m1/s1. The zero-order valence-electron chi connectivity index (χ0n) is 21.6. The predicted octanol–water partition coefficient (Wildman–Crippen LogP) is 5.04. The van der Waals surface area contributed by atoms with Gasteiger partial charge in [-0.15, -0.1) is 0 Å². The van der Waals surface area contributed by atoms with E-state index in [1.165, 1.54) is 6.92 Å². The lowest BCUT2D eigenvalue weighted by Gasteiger charge is -2.44. The minimum Gasteiger partial charge on any atom is -0.461 e. The number of benzene rings is 3. The first-order valence-corrected chi connectivity index (χ1v) is 12.8. The van der Waals surface area contributed by atoms with Crippen LogP contribution in [0.15, 0.2) is 90.1 Å². The highest BCUT2D eigenvalue weighted by molar-refractivity contribution is 6.05. The lowest BCUT2D eigenvalue weighted by molar-refractivity contribution is -0.165. The molecule has 4 rings (SSSR count). The number of nitrogens with zero attached hydrogens (tertiary/aromatic N) is 1. The Morgan fingerprint density at radius 1 is 0.842 bits per heavy atom. The smallest absolute Gasteiger partial charge is 0.315 e. The number of hydrogen-bond acceptors (Lipinski definition) is 7. The van der Waals surface area contributed by atoms with Crippen molar-refractivity contribution < 1.29 is 29.4 Å². The Morgan fingerprint density at radius 2 is 1.37 bits per heavy atom. The highest BCUT2D eigenvalue weighted by Gasteiger charge is 2.56. The first-order chi connectivity index (χ1) is 18.3. The Kier molecular flexibility index (Phi) is 8.59. The molecule has 0 unspecified atom stereocenters. The van der Waals surface area contributed by atoms with Crippen LogP contribution in [0.4, 0.5) is 0 Å². The van der Waals surface area contributed by atoms with Crippen LogP contribution in [0.25, 0.3) is 0 Å². The molecule has 0 amide bonds. The molecule has 198 valence electrons. The Morgan fingerprint density at radius 3 is 1.87 bits per heavy atom. The van der Waals surface area contributed by atoms with Crippen molar-refractivity contribution in [3.05, 3.63) is 107 Å². The van der Waals surface area contributed by atoms with E-state index in [0.29, 0.717) is 5.56 Å². The van der Waals surface area contributed by atoms with Crippen molar-refractivity contribution in [2.24, 2.45) is 17.0 Å². The van der Waals surface area contributed by atoms with Crippen LogP contribution >= 0.6 is 0 Å². The number of oxime groups is 1. The minimum atomic E-state index is -1.64. The molecule has 1 aliphatic carbocycles. The van der Waals surface area contributed by atoms with Gasteiger partial charge >= 0.3 is 11.9 Å². The largest absolute Gasteiger partial charge is 0.461 e. The summed E-state index contributed by atoms with van der Waals surface area (Å²) in [4.78, 5) is 27.2. The van der Waals surface area contributed by atoms with E-state index in [0.717, 1.165) is 23.1 Å². The van der Waals surface area contributed by atoms with Crippen LogP contribution in [0, 0.1) is 11.8 Å². The predicted molar refractivity (Wildman–Crippen MR) is 142 cm³/mol. The van der Waals surface area contributed by atoms with Crippen LogP contribution < -0.4 is 0 Å². The molecule has 2 N–H and O–H groups in total. The number of aryl methyl sites for hydroxylation is 1. The molecule has 1 saturated carbocycles.